The van der Waals surface area contributed by atoms with Gasteiger partial charge in [0, 0.05) is 24.1 Å². The van der Waals surface area contributed by atoms with Crippen molar-refractivity contribution in [3.05, 3.63) is 59.4 Å². The second kappa shape index (κ2) is 10.1. The fraction of sp³-hybridized carbons (Fsp3) is 0.607. The molecule has 0 radical (unpaired) electrons. The molecule has 31 heavy (non-hydrogen) atoms. The molecule has 1 saturated carbocycles. The Labute approximate surface area is 188 Å². The van der Waals surface area contributed by atoms with Gasteiger partial charge in [0.15, 0.2) is 0 Å². The predicted molar refractivity (Wildman–Crippen MR) is 129 cm³/mol. The van der Waals surface area contributed by atoms with E-state index in [4.69, 9.17) is 5.10 Å². The van der Waals surface area contributed by atoms with Crippen LogP contribution in [0.3, 0.4) is 0 Å². The number of halogens is 1. The van der Waals surface area contributed by atoms with Crippen LogP contribution in [0.5, 0.6) is 0 Å². The van der Waals surface area contributed by atoms with Crippen molar-refractivity contribution in [1.82, 2.24) is 5.01 Å². The molecule has 1 aromatic rings. The normalized spacial score (nSPS) is 31.3. The Balaban J connectivity index is 1.56. The van der Waals surface area contributed by atoms with Crippen molar-refractivity contribution in [3.63, 3.8) is 0 Å². The van der Waals surface area contributed by atoms with E-state index in [1.807, 2.05) is 6.08 Å². The summed E-state index contributed by atoms with van der Waals surface area (Å²) in [4.78, 5) is 0. The second-order valence-electron chi connectivity index (χ2n) is 9.99. The van der Waals surface area contributed by atoms with Crippen molar-refractivity contribution in [1.29, 1.82) is 0 Å². The zero-order valence-corrected chi connectivity index (χ0v) is 19.6. The van der Waals surface area contributed by atoms with E-state index in [9.17, 15) is 4.39 Å². The number of hydrogen-bond acceptors (Lipinski definition) is 2. The number of nitrogens with zero attached hydrogens (tertiary/aromatic N) is 2. The minimum Gasteiger partial charge on any atom is -0.292 e. The Morgan fingerprint density at radius 2 is 1.74 bits per heavy atom. The Morgan fingerprint density at radius 1 is 1.03 bits per heavy atom. The molecule has 0 amide bonds. The average Bonchev–Trinajstić information content (AvgIpc) is 3.11. The summed E-state index contributed by atoms with van der Waals surface area (Å²) in [7, 11) is 0. The van der Waals surface area contributed by atoms with Gasteiger partial charge in [0.05, 0.1) is 6.04 Å². The summed E-state index contributed by atoms with van der Waals surface area (Å²) >= 11 is 0. The molecular formula is C28H39FN2. The van der Waals surface area contributed by atoms with Gasteiger partial charge >= 0.3 is 0 Å². The van der Waals surface area contributed by atoms with E-state index < -0.39 is 0 Å². The highest BCUT2D eigenvalue weighted by molar-refractivity contribution is 5.91. The van der Waals surface area contributed by atoms with Crippen LogP contribution in [-0.2, 0) is 0 Å². The third-order valence-electron chi connectivity index (χ3n) is 7.80. The van der Waals surface area contributed by atoms with Crippen molar-refractivity contribution < 1.29 is 4.39 Å². The Morgan fingerprint density at radius 3 is 2.42 bits per heavy atom. The van der Waals surface area contributed by atoms with Crippen molar-refractivity contribution >= 4 is 5.71 Å². The summed E-state index contributed by atoms with van der Waals surface area (Å²) in [6.07, 6.45) is 13.5. The van der Waals surface area contributed by atoms with Gasteiger partial charge in [-0.05, 0) is 62.2 Å². The lowest BCUT2D eigenvalue weighted by Gasteiger charge is -2.38. The maximum absolute atomic E-state index is 14.6. The van der Waals surface area contributed by atoms with Crippen LogP contribution in [0.2, 0.25) is 0 Å². The van der Waals surface area contributed by atoms with Gasteiger partial charge in [-0.3, -0.25) is 5.01 Å². The minimum atomic E-state index is -0.0653. The van der Waals surface area contributed by atoms with E-state index in [-0.39, 0.29) is 23.7 Å². The Hall–Kier alpha value is -1.90. The van der Waals surface area contributed by atoms with Crippen molar-refractivity contribution in [3.8, 4) is 0 Å². The maximum atomic E-state index is 14.6. The smallest absolute Gasteiger partial charge is 0.119 e. The number of rotatable bonds is 7. The van der Waals surface area contributed by atoms with E-state index in [0.717, 1.165) is 25.3 Å². The highest BCUT2D eigenvalue weighted by Gasteiger charge is 2.42. The molecule has 1 aliphatic heterocycles. The average molecular weight is 423 g/mol. The molecule has 2 aliphatic carbocycles. The third kappa shape index (κ3) is 5.13. The van der Waals surface area contributed by atoms with E-state index in [0.29, 0.717) is 5.92 Å². The molecule has 3 heteroatoms. The van der Waals surface area contributed by atoms with E-state index in [1.54, 1.807) is 6.08 Å². The van der Waals surface area contributed by atoms with Gasteiger partial charge in [0.1, 0.15) is 5.83 Å². The summed E-state index contributed by atoms with van der Waals surface area (Å²) in [5, 5.41) is 7.47. The lowest BCUT2D eigenvalue weighted by atomic mass is 9.76. The van der Waals surface area contributed by atoms with Crippen molar-refractivity contribution in [2.75, 3.05) is 6.54 Å². The molecule has 0 aromatic heterocycles. The van der Waals surface area contributed by atoms with Gasteiger partial charge in [-0.25, -0.2) is 4.39 Å². The van der Waals surface area contributed by atoms with Crippen LogP contribution >= 0.6 is 0 Å². The van der Waals surface area contributed by atoms with Crippen LogP contribution in [0.1, 0.15) is 83.6 Å². The Bertz CT molecular complexity index is 817. The molecule has 1 heterocycles. The molecule has 168 valence electrons. The van der Waals surface area contributed by atoms with Gasteiger partial charge < -0.3 is 0 Å². The lowest BCUT2D eigenvalue weighted by molar-refractivity contribution is 0.125. The molecule has 0 spiro atoms. The van der Waals surface area contributed by atoms with E-state index in [2.05, 4.69) is 56.1 Å². The van der Waals surface area contributed by atoms with E-state index >= 15 is 0 Å². The van der Waals surface area contributed by atoms with Gasteiger partial charge in [0.2, 0.25) is 0 Å². The summed E-state index contributed by atoms with van der Waals surface area (Å²) in [6, 6.07) is 10.9. The zero-order chi connectivity index (χ0) is 21.8. The summed E-state index contributed by atoms with van der Waals surface area (Å²) in [5.74, 6) is 1.97. The maximum Gasteiger partial charge on any atom is 0.119 e. The molecule has 3 aliphatic rings. The first-order valence-electron chi connectivity index (χ1n) is 12.5. The zero-order valence-electron chi connectivity index (χ0n) is 19.6. The first kappa shape index (κ1) is 22.3. The first-order chi connectivity index (χ1) is 15.1. The fourth-order valence-corrected chi connectivity index (χ4v) is 6.19. The Kier molecular flexibility index (Phi) is 7.30. The van der Waals surface area contributed by atoms with Gasteiger partial charge in [-0.2, -0.15) is 5.10 Å². The number of allylic oxidation sites excluding steroid dienone is 3. The monoisotopic (exact) mass is 422 g/mol. The molecular weight excluding hydrogens is 383 g/mol. The largest absolute Gasteiger partial charge is 0.292 e. The van der Waals surface area contributed by atoms with Crippen LogP contribution in [0, 0.1) is 17.8 Å². The highest BCUT2D eigenvalue weighted by atomic mass is 19.1. The third-order valence-corrected chi connectivity index (χ3v) is 7.80. The second-order valence-corrected chi connectivity index (χ2v) is 9.99. The topological polar surface area (TPSA) is 15.6 Å². The van der Waals surface area contributed by atoms with Gasteiger partial charge in [-0.1, -0.05) is 75.4 Å². The molecule has 0 bridgehead atoms. The van der Waals surface area contributed by atoms with Crippen LogP contribution in [0.15, 0.2) is 59.0 Å². The van der Waals surface area contributed by atoms with E-state index in [1.165, 1.54) is 55.4 Å². The highest BCUT2D eigenvalue weighted by Crippen LogP contribution is 2.42. The molecule has 1 aromatic carbocycles. The van der Waals surface area contributed by atoms with Crippen LogP contribution in [0.25, 0.3) is 0 Å². The molecule has 2 nitrogen and oxygen atoms in total. The lowest BCUT2D eigenvalue weighted by Crippen LogP contribution is -2.41. The predicted octanol–water partition coefficient (Wildman–Crippen LogP) is 7.65. The molecule has 4 rings (SSSR count). The number of benzene rings is 1. The molecule has 1 fully saturated rings. The molecule has 3 unspecified atom stereocenters. The SMILES string of the molecule is CCCC1CCC(CN2N=C(C)C(c3ccccc3)C2C2C=C(F)C=C(CC)C2)CC1. The van der Waals surface area contributed by atoms with Gasteiger partial charge in [-0.15, -0.1) is 0 Å². The van der Waals surface area contributed by atoms with Crippen LogP contribution in [-0.4, -0.2) is 23.3 Å². The summed E-state index contributed by atoms with van der Waals surface area (Å²) < 4.78 is 14.6. The standard InChI is InChI=1S/C28H39FN2/c1-4-9-22-12-14-23(15-13-22)19-31-28(25-16-21(5-2)17-26(29)18-25)27(20(3)30-31)24-10-7-6-8-11-24/h6-8,10-11,17-18,22-23,25,27-28H,4-5,9,12-16,19H2,1-3H3. The summed E-state index contributed by atoms with van der Waals surface area (Å²) in [6.45, 7) is 7.63. The molecule has 3 atom stereocenters. The van der Waals surface area contributed by atoms with Crippen molar-refractivity contribution in [2.45, 2.75) is 84.1 Å². The van der Waals surface area contributed by atoms with Crippen molar-refractivity contribution in [2.24, 2.45) is 22.9 Å². The van der Waals surface area contributed by atoms with Crippen LogP contribution < -0.4 is 0 Å². The minimum absolute atomic E-state index is 0.0653. The fourth-order valence-electron chi connectivity index (χ4n) is 6.19. The molecule has 0 N–H and O–H groups in total. The quantitative estimate of drug-likeness (QED) is 0.440. The number of hydrazone groups is 1. The summed E-state index contributed by atoms with van der Waals surface area (Å²) in [5.41, 5.74) is 3.71. The van der Waals surface area contributed by atoms with Gasteiger partial charge in [0.25, 0.3) is 0 Å². The van der Waals surface area contributed by atoms with Crippen LogP contribution in [0.4, 0.5) is 4.39 Å². The molecule has 0 saturated heterocycles. The number of hydrogen-bond donors (Lipinski definition) is 0. The first-order valence-corrected chi connectivity index (χ1v) is 12.5.